The van der Waals surface area contributed by atoms with Gasteiger partial charge in [-0.3, -0.25) is 4.90 Å². The highest BCUT2D eigenvalue weighted by Crippen LogP contribution is 2.31. The van der Waals surface area contributed by atoms with Crippen molar-refractivity contribution in [1.29, 1.82) is 0 Å². The van der Waals surface area contributed by atoms with E-state index in [1.165, 1.54) is 4.68 Å². The third kappa shape index (κ3) is 2.67. The Morgan fingerprint density at radius 2 is 2.00 bits per heavy atom. The van der Waals surface area contributed by atoms with Crippen LogP contribution in [0.3, 0.4) is 0 Å². The molecule has 0 N–H and O–H groups in total. The molecule has 3 rings (SSSR count). The monoisotopic (exact) mass is 325 g/mol. The van der Waals surface area contributed by atoms with Crippen LogP contribution in [0.4, 0.5) is 14.5 Å². The number of nitrogens with zero attached hydrogens (tertiary/aromatic N) is 3. The van der Waals surface area contributed by atoms with Crippen molar-refractivity contribution < 1.29 is 21.8 Å². The molecule has 1 aliphatic heterocycles. The predicted octanol–water partition coefficient (Wildman–Crippen LogP) is 1.70. The highest BCUT2D eigenvalue weighted by Gasteiger charge is 2.34. The topological polar surface area (TPSA) is 81.5 Å². The van der Waals surface area contributed by atoms with Gasteiger partial charge in [-0.05, 0) is 5.56 Å². The predicted molar refractivity (Wildman–Crippen MR) is 74.5 cm³/mol. The van der Waals surface area contributed by atoms with E-state index in [9.17, 15) is 17.1 Å². The van der Waals surface area contributed by atoms with Crippen LogP contribution < -0.4 is 4.90 Å². The largest absolute Gasteiger partial charge is 0.444 e. The summed E-state index contributed by atoms with van der Waals surface area (Å²) in [6.45, 7) is 0.507. The third-order valence-electron chi connectivity index (χ3n) is 3.26. The molecule has 0 radical (unpaired) electrons. The number of halogens is 1. The van der Waals surface area contributed by atoms with Gasteiger partial charge in [-0.25, -0.2) is 9.48 Å². The van der Waals surface area contributed by atoms with Crippen LogP contribution in [-0.2, 0) is 28.1 Å². The number of fused-ring (bicyclic) bond motifs is 1. The van der Waals surface area contributed by atoms with Crippen molar-refractivity contribution in [2.75, 3.05) is 11.4 Å². The van der Waals surface area contributed by atoms with Gasteiger partial charge < -0.3 is 4.74 Å². The van der Waals surface area contributed by atoms with Gasteiger partial charge in [0.15, 0.2) is 10.7 Å². The van der Waals surface area contributed by atoms with Crippen molar-refractivity contribution in [3.8, 4) is 0 Å². The molecule has 1 aromatic carbocycles. The first kappa shape index (κ1) is 14.5. The number of aromatic nitrogens is 2. The molecule has 116 valence electrons. The molecule has 22 heavy (non-hydrogen) atoms. The fraction of sp³-hybridized carbons (Fsp3) is 0.231. The Balaban J connectivity index is 1.78. The van der Waals surface area contributed by atoms with Crippen molar-refractivity contribution in [3.05, 3.63) is 42.1 Å². The summed E-state index contributed by atoms with van der Waals surface area (Å²) < 4.78 is 41.8. The van der Waals surface area contributed by atoms with Gasteiger partial charge in [0.25, 0.3) is 0 Å². The van der Waals surface area contributed by atoms with E-state index in [-0.39, 0.29) is 25.5 Å². The van der Waals surface area contributed by atoms with Crippen LogP contribution in [0.1, 0.15) is 5.56 Å². The zero-order valence-corrected chi connectivity index (χ0v) is 12.2. The minimum Gasteiger partial charge on any atom is -0.444 e. The van der Waals surface area contributed by atoms with Crippen LogP contribution in [0, 0.1) is 0 Å². The standard InChI is InChI=1S/C13H12FN3O4S/c14-22(19,20)11-8-15-17-7-6-16(12(11)17)13(18)21-9-10-4-2-1-3-5-10/h1-5,8H,6-7,9H2. The van der Waals surface area contributed by atoms with Crippen molar-refractivity contribution >= 4 is 22.1 Å². The number of carbonyl (C=O) groups is 1. The average Bonchev–Trinajstić information content (AvgIpc) is 3.06. The Morgan fingerprint density at radius 3 is 2.68 bits per heavy atom. The Bertz CT molecular complexity index is 804. The van der Waals surface area contributed by atoms with E-state index in [0.29, 0.717) is 0 Å². The molecule has 0 unspecified atom stereocenters. The molecule has 7 nitrogen and oxygen atoms in total. The van der Waals surface area contributed by atoms with Gasteiger partial charge in [0.1, 0.15) is 6.61 Å². The fourth-order valence-corrected chi connectivity index (χ4v) is 2.85. The summed E-state index contributed by atoms with van der Waals surface area (Å²) in [5.74, 6) is -0.0967. The van der Waals surface area contributed by atoms with E-state index in [0.717, 1.165) is 16.7 Å². The van der Waals surface area contributed by atoms with Gasteiger partial charge in [-0.15, -0.1) is 3.89 Å². The quantitative estimate of drug-likeness (QED) is 0.802. The Morgan fingerprint density at radius 1 is 1.27 bits per heavy atom. The number of anilines is 1. The molecule has 0 saturated heterocycles. The summed E-state index contributed by atoms with van der Waals surface area (Å²) in [4.78, 5) is 12.6. The number of hydrogen-bond acceptors (Lipinski definition) is 5. The second-order valence-electron chi connectivity index (χ2n) is 4.69. The summed E-state index contributed by atoms with van der Waals surface area (Å²) in [6.07, 6.45) is 0.148. The molecule has 0 fully saturated rings. The van der Waals surface area contributed by atoms with Crippen molar-refractivity contribution in [2.45, 2.75) is 18.0 Å². The van der Waals surface area contributed by atoms with Crippen LogP contribution in [0.15, 0.2) is 41.4 Å². The second kappa shape index (κ2) is 5.41. The zero-order chi connectivity index (χ0) is 15.7. The number of amides is 1. The molecule has 0 aliphatic carbocycles. The summed E-state index contributed by atoms with van der Waals surface area (Å²) in [6, 6.07) is 9.03. The second-order valence-corrected chi connectivity index (χ2v) is 6.00. The molecule has 2 aromatic rings. The molecule has 0 bridgehead atoms. The summed E-state index contributed by atoms with van der Waals surface area (Å²) in [7, 11) is -4.95. The zero-order valence-electron chi connectivity index (χ0n) is 11.3. The molecule has 1 amide bonds. The number of rotatable bonds is 3. The lowest BCUT2D eigenvalue weighted by atomic mass is 10.2. The minimum absolute atomic E-state index is 0.0437. The lowest BCUT2D eigenvalue weighted by molar-refractivity contribution is 0.147. The normalized spacial score (nSPS) is 14.0. The third-order valence-corrected chi connectivity index (χ3v) is 4.07. The number of benzene rings is 1. The van der Waals surface area contributed by atoms with Gasteiger partial charge in [-0.2, -0.15) is 13.5 Å². The summed E-state index contributed by atoms with van der Waals surface area (Å²) >= 11 is 0. The van der Waals surface area contributed by atoms with Crippen LogP contribution in [0.5, 0.6) is 0 Å². The minimum atomic E-state index is -4.95. The number of hydrogen-bond donors (Lipinski definition) is 0. The van der Waals surface area contributed by atoms with Crippen LogP contribution in [0.2, 0.25) is 0 Å². The maximum absolute atomic E-state index is 13.2. The van der Waals surface area contributed by atoms with E-state index < -0.39 is 21.2 Å². The van der Waals surface area contributed by atoms with Gasteiger partial charge in [0.2, 0.25) is 0 Å². The molecule has 2 heterocycles. The van der Waals surface area contributed by atoms with Gasteiger partial charge in [0.05, 0.1) is 19.3 Å². The molecule has 0 spiro atoms. The van der Waals surface area contributed by atoms with Crippen LogP contribution >= 0.6 is 0 Å². The molecule has 0 saturated carbocycles. The molecular formula is C13H12FN3O4S. The van der Waals surface area contributed by atoms with Gasteiger partial charge in [-0.1, -0.05) is 30.3 Å². The van der Waals surface area contributed by atoms with E-state index >= 15 is 0 Å². The first-order valence-electron chi connectivity index (χ1n) is 6.45. The smallest absolute Gasteiger partial charge is 0.415 e. The lowest BCUT2D eigenvalue weighted by Gasteiger charge is -2.15. The van der Waals surface area contributed by atoms with Crippen LogP contribution in [-0.4, -0.2) is 30.8 Å². The molecule has 1 aliphatic rings. The average molecular weight is 325 g/mol. The summed E-state index contributed by atoms with van der Waals surface area (Å²) in [5.41, 5.74) is 0.793. The van der Waals surface area contributed by atoms with Crippen molar-refractivity contribution in [1.82, 2.24) is 9.78 Å². The number of ether oxygens (including phenoxy) is 1. The van der Waals surface area contributed by atoms with E-state index in [1.807, 2.05) is 18.2 Å². The first-order chi connectivity index (χ1) is 10.5. The first-order valence-corrected chi connectivity index (χ1v) is 7.84. The molecular weight excluding hydrogens is 313 g/mol. The maximum Gasteiger partial charge on any atom is 0.415 e. The molecule has 0 atom stereocenters. The van der Waals surface area contributed by atoms with Crippen molar-refractivity contribution in [2.24, 2.45) is 0 Å². The Kier molecular flexibility index (Phi) is 3.57. The van der Waals surface area contributed by atoms with E-state index in [4.69, 9.17) is 4.74 Å². The lowest BCUT2D eigenvalue weighted by Crippen LogP contribution is -2.30. The SMILES string of the molecule is O=C(OCc1ccccc1)N1CCn2ncc(S(=O)(=O)F)c21. The highest BCUT2D eigenvalue weighted by molar-refractivity contribution is 7.86. The van der Waals surface area contributed by atoms with Crippen molar-refractivity contribution in [3.63, 3.8) is 0 Å². The van der Waals surface area contributed by atoms with Gasteiger partial charge >= 0.3 is 16.3 Å². The number of carbonyl (C=O) groups excluding carboxylic acids is 1. The van der Waals surface area contributed by atoms with E-state index in [2.05, 4.69) is 5.10 Å². The molecule has 1 aromatic heterocycles. The molecule has 9 heteroatoms. The van der Waals surface area contributed by atoms with E-state index in [1.54, 1.807) is 12.1 Å². The maximum atomic E-state index is 13.2. The Hall–Kier alpha value is -2.42. The fourth-order valence-electron chi connectivity index (χ4n) is 2.25. The van der Waals surface area contributed by atoms with Crippen LogP contribution in [0.25, 0.3) is 0 Å². The Labute approximate surface area is 126 Å². The highest BCUT2D eigenvalue weighted by atomic mass is 32.3. The van der Waals surface area contributed by atoms with Gasteiger partial charge in [0, 0.05) is 0 Å². The summed E-state index contributed by atoms with van der Waals surface area (Å²) in [5, 5.41) is 3.76.